The van der Waals surface area contributed by atoms with Crippen molar-refractivity contribution in [2.24, 2.45) is 5.73 Å². The number of benzene rings is 1. The maximum Gasteiger partial charge on any atom is 0.312 e. The number of halogens is 2. The standard InChI is InChI=1S/C10H11BrFNO4/c1-17-9-7(12)6(11)2-4(8(9)14)5(3-13)10(15)16/h2,5,14H,3,13H2,1H3,(H,15,16). The van der Waals surface area contributed by atoms with Gasteiger partial charge in [0.2, 0.25) is 0 Å². The lowest BCUT2D eigenvalue weighted by Crippen LogP contribution is -2.21. The van der Waals surface area contributed by atoms with Crippen molar-refractivity contribution in [3.63, 3.8) is 0 Å². The molecule has 1 aromatic rings. The first-order chi connectivity index (χ1) is 7.93. The number of phenolic OH excluding ortho intramolecular Hbond substituents is 1. The number of ether oxygens (including phenoxy) is 1. The Morgan fingerprint density at radius 3 is 2.71 bits per heavy atom. The van der Waals surface area contributed by atoms with Crippen LogP contribution in [0.4, 0.5) is 4.39 Å². The lowest BCUT2D eigenvalue weighted by Gasteiger charge is -2.15. The van der Waals surface area contributed by atoms with E-state index in [0.29, 0.717) is 0 Å². The molecule has 1 rings (SSSR count). The molecule has 7 heteroatoms. The molecule has 0 fully saturated rings. The molecule has 0 aromatic heterocycles. The fourth-order valence-electron chi connectivity index (χ4n) is 1.42. The zero-order valence-electron chi connectivity index (χ0n) is 8.91. The highest BCUT2D eigenvalue weighted by molar-refractivity contribution is 9.10. The molecule has 0 saturated carbocycles. The van der Waals surface area contributed by atoms with Crippen LogP contribution in [0.15, 0.2) is 10.5 Å². The second-order valence-corrected chi connectivity index (χ2v) is 4.12. The zero-order valence-corrected chi connectivity index (χ0v) is 10.5. The number of aromatic hydroxyl groups is 1. The van der Waals surface area contributed by atoms with Crippen molar-refractivity contribution in [2.45, 2.75) is 5.92 Å². The Labute approximate surface area is 105 Å². The van der Waals surface area contributed by atoms with Crippen LogP contribution in [0.3, 0.4) is 0 Å². The van der Waals surface area contributed by atoms with E-state index in [1.165, 1.54) is 13.2 Å². The summed E-state index contributed by atoms with van der Waals surface area (Å²) in [4.78, 5) is 10.9. The van der Waals surface area contributed by atoms with Crippen LogP contribution in [0.5, 0.6) is 11.5 Å². The largest absolute Gasteiger partial charge is 0.504 e. The smallest absolute Gasteiger partial charge is 0.312 e. The molecule has 0 saturated heterocycles. The topological polar surface area (TPSA) is 92.8 Å². The molecule has 17 heavy (non-hydrogen) atoms. The summed E-state index contributed by atoms with van der Waals surface area (Å²) in [6.07, 6.45) is 0. The van der Waals surface area contributed by atoms with Gasteiger partial charge in [-0.1, -0.05) is 0 Å². The van der Waals surface area contributed by atoms with Crippen molar-refractivity contribution in [1.82, 2.24) is 0 Å². The van der Waals surface area contributed by atoms with Gasteiger partial charge in [-0.05, 0) is 22.0 Å². The zero-order chi connectivity index (χ0) is 13.2. The van der Waals surface area contributed by atoms with Crippen LogP contribution in [0, 0.1) is 5.82 Å². The van der Waals surface area contributed by atoms with Crippen LogP contribution in [-0.2, 0) is 4.79 Å². The Balaban J connectivity index is 3.44. The van der Waals surface area contributed by atoms with E-state index in [1.54, 1.807) is 0 Å². The maximum absolute atomic E-state index is 13.5. The third-order valence-corrected chi connectivity index (χ3v) is 2.87. The maximum atomic E-state index is 13.5. The monoisotopic (exact) mass is 307 g/mol. The summed E-state index contributed by atoms with van der Waals surface area (Å²) < 4.78 is 18.2. The van der Waals surface area contributed by atoms with Gasteiger partial charge in [0.05, 0.1) is 17.5 Å². The molecular formula is C10H11BrFNO4. The van der Waals surface area contributed by atoms with Crippen molar-refractivity contribution in [3.8, 4) is 11.5 Å². The Morgan fingerprint density at radius 2 is 2.29 bits per heavy atom. The summed E-state index contributed by atoms with van der Waals surface area (Å²) in [6.45, 7) is -0.218. The molecule has 0 aliphatic carbocycles. The third kappa shape index (κ3) is 2.50. The number of phenols is 1. The number of rotatable bonds is 4. The minimum absolute atomic E-state index is 0.00171. The number of carbonyl (C=O) groups is 1. The Bertz CT molecular complexity index is 452. The van der Waals surface area contributed by atoms with Gasteiger partial charge in [-0.15, -0.1) is 0 Å². The predicted octanol–water partition coefficient (Wildman–Crippen LogP) is 1.43. The van der Waals surface area contributed by atoms with Crippen LogP contribution < -0.4 is 10.5 Å². The van der Waals surface area contributed by atoms with Gasteiger partial charge >= 0.3 is 5.97 Å². The van der Waals surface area contributed by atoms with Crippen LogP contribution in [0.25, 0.3) is 0 Å². The lowest BCUT2D eigenvalue weighted by atomic mass is 9.98. The highest BCUT2D eigenvalue weighted by atomic mass is 79.9. The van der Waals surface area contributed by atoms with Gasteiger partial charge in [0.15, 0.2) is 17.3 Å². The minimum atomic E-state index is -1.21. The van der Waals surface area contributed by atoms with Crippen LogP contribution >= 0.6 is 15.9 Å². The summed E-state index contributed by atoms with van der Waals surface area (Å²) in [6, 6.07) is 1.18. The van der Waals surface area contributed by atoms with E-state index in [2.05, 4.69) is 20.7 Å². The van der Waals surface area contributed by atoms with Crippen LogP contribution in [0.2, 0.25) is 0 Å². The van der Waals surface area contributed by atoms with Crippen molar-refractivity contribution < 1.29 is 24.1 Å². The van der Waals surface area contributed by atoms with Crippen molar-refractivity contribution in [1.29, 1.82) is 0 Å². The van der Waals surface area contributed by atoms with Crippen molar-refractivity contribution in [2.75, 3.05) is 13.7 Å². The van der Waals surface area contributed by atoms with Gasteiger partial charge in [-0.2, -0.15) is 0 Å². The number of hydrogen-bond acceptors (Lipinski definition) is 4. The predicted molar refractivity (Wildman–Crippen MR) is 61.7 cm³/mol. The van der Waals surface area contributed by atoms with Crippen molar-refractivity contribution >= 4 is 21.9 Å². The molecular weight excluding hydrogens is 297 g/mol. The molecule has 5 nitrogen and oxygen atoms in total. The van der Waals surface area contributed by atoms with Crippen LogP contribution in [0.1, 0.15) is 11.5 Å². The molecule has 1 unspecified atom stereocenters. The number of carboxylic acid groups (broad SMARTS) is 1. The van der Waals surface area contributed by atoms with Gasteiger partial charge in [0.25, 0.3) is 0 Å². The molecule has 0 aliphatic rings. The van der Waals surface area contributed by atoms with E-state index >= 15 is 0 Å². The average molecular weight is 308 g/mol. The third-order valence-electron chi connectivity index (χ3n) is 2.29. The molecule has 0 amide bonds. The van der Waals surface area contributed by atoms with E-state index in [0.717, 1.165) is 0 Å². The highest BCUT2D eigenvalue weighted by Gasteiger charge is 2.26. The summed E-state index contributed by atoms with van der Waals surface area (Å²) in [5.74, 6) is -4.08. The second kappa shape index (κ2) is 5.33. The normalized spacial score (nSPS) is 12.2. The van der Waals surface area contributed by atoms with E-state index in [-0.39, 0.29) is 16.6 Å². The van der Waals surface area contributed by atoms with E-state index < -0.39 is 29.2 Å². The number of methoxy groups -OCH3 is 1. The number of aliphatic carboxylic acids is 1. The van der Waals surface area contributed by atoms with Gasteiger partial charge in [0, 0.05) is 12.1 Å². The Morgan fingerprint density at radius 1 is 1.71 bits per heavy atom. The second-order valence-electron chi connectivity index (χ2n) is 3.27. The van der Waals surface area contributed by atoms with E-state index in [4.69, 9.17) is 10.8 Å². The lowest BCUT2D eigenvalue weighted by molar-refractivity contribution is -0.138. The molecule has 0 aliphatic heterocycles. The Hall–Kier alpha value is -1.34. The van der Waals surface area contributed by atoms with E-state index in [9.17, 15) is 14.3 Å². The fourth-order valence-corrected chi connectivity index (χ4v) is 1.85. The van der Waals surface area contributed by atoms with Gasteiger partial charge in [-0.25, -0.2) is 4.39 Å². The minimum Gasteiger partial charge on any atom is -0.504 e. The van der Waals surface area contributed by atoms with Crippen molar-refractivity contribution in [3.05, 3.63) is 21.9 Å². The molecule has 0 heterocycles. The van der Waals surface area contributed by atoms with Gasteiger partial charge < -0.3 is 20.7 Å². The summed E-state index contributed by atoms with van der Waals surface area (Å²) >= 11 is 2.92. The summed E-state index contributed by atoms with van der Waals surface area (Å²) in [5, 5.41) is 18.7. The van der Waals surface area contributed by atoms with Crippen LogP contribution in [-0.4, -0.2) is 29.8 Å². The molecule has 0 spiro atoms. The first-order valence-corrected chi connectivity index (χ1v) is 5.41. The van der Waals surface area contributed by atoms with Gasteiger partial charge in [-0.3, -0.25) is 4.79 Å². The van der Waals surface area contributed by atoms with E-state index in [1.807, 2.05) is 0 Å². The SMILES string of the molecule is COc1c(O)c(C(CN)C(=O)O)cc(Br)c1F. The molecule has 1 aromatic carbocycles. The Kier molecular flexibility index (Phi) is 4.30. The molecule has 0 bridgehead atoms. The molecule has 94 valence electrons. The summed E-state index contributed by atoms with van der Waals surface area (Å²) in [7, 11) is 1.17. The average Bonchev–Trinajstić information content (AvgIpc) is 2.26. The fraction of sp³-hybridized carbons (Fsp3) is 0.300. The highest BCUT2D eigenvalue weighted by Crippen LogP contribution is 2.40. The quantitative estimate of drug-likeness (QED) is 0.782. The first-order valence-electron chi connectivity index (χ1n) is 4.61. The first kappa shape index (κ1) is 13.7. The number of hydrogen-bond donors (Lipinski definition) is 3. The summed E-state index contributed by atoms with van der Waals surface area (Å²) in [5.41, 5.74) is 5.32. The number of nitrogens with two attached hydrogens (primary N) is 1. The molecule has 4 N–H and O–H groups in total. The number of carboxylic acids is 1. The molecule has 1 atom stereocenters. The van der Waals surface area contributed by atoms with Gasteiger partial charge in [0.1, 0.15) is 0 Å². The molecule has 0 radical (unpaired) electrons.